The van der Waals surface area contributed by atoms with E-state index in [1.165, 1.54) is 6.07 Å². The molecule has 1 amide bonds. The number of benzene rings is 1. The van der Waals surface area contributed by atoms with Crippen molar-refractivity contribution < 1.29 is 9.18 Å². The Hall–Kier alpha value is -0.940. The van der Waals surface area contributed by atoms with E-state index >= 15 is 0 Å². The van der Waals surface area contributed by atoms with Gasteiger partial charge < -0.3 is 10.2 Å². The van der Waals surface area contributed by atoms with Crippen molar-refractivity contribution in [3.8, 4) is 0 Å². The van der Waals surface area contributed by atoms with Gasteiger partial charge in [-0.15, -0.1) is 0 Å². The van der Waals surface area contributed by atoms with E-state index in [0.717, 1.165) is 25.9 Å². The normalized spacial score (nSPS) is 18.6. The minimum absolute atomic E-state index is 0.156. The number of hydrogen-bond donors (Lipinski definition) is 1. The molecule has 1 aromatic rings. The van der Waals surface area contributed by atoms with Crippen molar-refractivity contribution in [2.24, 2.45) is 0 Å². The van der Waals surface area contributed by atoms with Gasteiger partial charge in [0.1, 0.15) is 5.82 Å². The second kappa shape index (κ2) is 6.48. The van der Waals surface area contributed by atoms with E-state index in [2.05, 4.69) is 21.2 Å². The summed E-state index contributed by atoms with van der Waals surface area (Å²) in [5, 5.41) is 3.25. The lowest BCUT2D eigenvalue weighted by molar-refractivity contribution is 0.0687. The smallest absolute Gasteiger partial charge is 0.257 e. The number of nitrogens with zero attached hydrogens (tertiary/aromatic N) is 1. The molecule has 1 aliphatic rings. The first-order valence-corrected chi connectivity index (χ1v) is 7.39. The van der Waals surface area contributed by atoms with Gasteiger partial charge in [-0.1, -0.05) is 22.9 Å². The van der Waals surface area contributed by atoms with Crippen molar-refractivity contribution in [1.29, 1.82) is 0 Å². The Bertz CT molecular complexity index is 461. The molecule has 1 unspecified atom stereocenters. The fourth-order valence-corrected chi connectivity index (χ4v) is 2.75. The number of nitrogens with one attached hydrogen (secondary N) is 1. The Morgan fingerprint density at radius 2 is 2.37 bits per heavy atom. The van der Waals surface area contributed by atoms with Crippen LogP contribution in [0, 0.1) is 5.82 Å². The average molecular weight is 329 g/mol. The Labute approximate surface area is 121 Å². The van der Waals surface area contributed by atoms with Crippen LogP contribution in [0.1, 0.15) is 30.1 Å². The summed E-state index contributed by atoms with van der Waals surface area (Å²) in [6.07, 6.45) is 1.81. The highest BCUT2D eigenvalue weighted by atomic mass is 79.9. The molecular formula is C14H18BrFN2O. The second-order valence-electron chi connectivity index (χ2n) is 4.77. The molecule has 0 saturated carbocycles. The van der Waals surface area contributed by atoms with Crippen LogP contribution in [0.4, 0.5) is 4.39 Å². The van der Waals surface area contributed by atoms with E-state index in [0.29, 0.717) is 11.0 Å². The van der Waals surface area contributed by atoms with E-state index in [-0.39, 0.29) is 17.5 Å². The van der Waals surface area contributed by atoms with Crippen molar-refractivity contribution in [1.82, 2.24) is 10.2 Å². The molecule has 104 valence electrons. The summed E-state index contributed by atoms with van der Waals surface area (Å²) >= 11 is 3.20. The van der Waals surface area contributed by atoms with Gasteiger partial charge in [-0.3, -0.25) is 4.79 Å². The standard InChI is InChI=1S/C14H18BrFN2O/c1-2-7-18(11-5-6-17-9-11)14(19)12-4-3-10(15)8-13(12)16/h3-4,8,11,17H,2,5-7,9H2,1H3. The summed E-state index contributed by atoms with van der Waals surface area (Å²) in [7, 11) is 0. The van der Waals surface area contributed by atoms with Crippen molar-refractivity contribution in [2.45, 2.75) is 25.8 Å². The first-order chi connectivity index (χ1) is 9.13. The third kappa shape index (κ3) is 3.34. The molecule has 3 nitrogen and oxygen atoms in total. The van der Waals surface area contributed by atoms with Crippen LogP contribution in [0.15, 0.2) is 22.7 Å². The number of rotatable bonds is 4. The zero-order valence-electron chi connectivity index (χ0n) is 11.0. The highest BCUT2D eigenvalue weighted by Crippen LogP contribution is 2.19. The van der Waals surface area contributed by atoms with Gasteiger partial charge in [-0.2, -0.15) is 0 Å². The number of carbonyl (C=O) groups is 1. The van der Waals surface area contributed by atoms with Crippen molar-refractivity contribution >= 4 is 21.8 Å². The summed E-state index contributed by atoms with van der Waals surface area (Å²) in [5.41, 5.74) is 0.156. The van der Waals surface area contributed by atoms with Crippen molar-refractivity contribution in [3.05, 3.63) is 34.1 Å². The molecule has 0 aromatic heterocycles. The predicted octanol–water partition coefficient (Wildman–Crippen LogP) is 2.80. The lowest BCUT2D eigenvalue weighted by Gasteiger charge is -2.28. The third-order valence-electron chi connectivity index (χ3n) is 3.36. The highest BCUT2D eigenvalue weighted by molar-refractivity contribution is 9.10. The monoisotopic (exact) mass is 328 g/mol. The van der Waals surface area contributed by atoms with E-state index < -0.39 is 5.82 Å². The minimum atomic E-state index is -0.466. The van der Waals surface area contributed by atoms with Crippen LogP contribution in [-0.4, -0.2) is 36.5 Å². The number of amides is 1. The van der Waals surface area contributed by atoms with E-state index in [9.17, 15) is 9.18 Å². The van der Waals surface area contributed by atoms with Gasteiger partial charge in [0.2, 0.25) is 0 Å². The molecule has 1 heterocycles. The molecule has 19 heavy (non-hydrogen) atoms. The topological polar surface area (TPSA) is 32.3 Å². The van der Waals surface area contributed by atoms with E-state index in [4.69, 9.17) is 0 Å². The van der Waals surface area contributed by atoms with Crippen LogP contribution in [0.5, 0.6) is 0 Å². The maximum absolute atomic E-state index is 13.9. The molecular weight excluding hydrogens is 311 g/mol. The van der Waals surface area contributed by atoms with Gasteiger partial charge in [-0.05, 0) is 37.6 Å². The van der Waals surface area contributed by atoms with Gasteiger partial charge in [0, 0.05) is 23.6 Å². The Kier molecular flexibility index (Phi) is 4.93. The maximum atomic E-state index is 13.9. The minimum Gasteiger partial charge on any atom is -0.334 e. The van der Waals surface area contributed by atoms with E-state index in [1.807, 2.05) is 6.92 Å². The van der Waals surface area contributed by atoms with Crippen LogP contribution in [0.25, 0.3) is 0 Å². The van der Waals surface area contributed by atoms with Crippen LogP contribution in [0.3, 0.4) is 0 Å². The molecule has 1 aromatic carbocycles. The molecule has 1 fully saturated rings. The zero-order valence-corrected chi connectivity index (χ0v) is 12.5. The van der Waals surface area contributed by atoms with Crippen LogP contribution in [-0.2, 0) is 0 Å². The molecule has 1 saturated heterocycles. The molecule has 1 atom stereocenters. The van der Waals surface area contributed by atoms with Gasteiger partial charge in [0.05, 0.1) is 5.56 Å². The molecule has 0 radical (unpaired) electrons. The van der Waals surface area contributed by atoms with Gasteiger partial charge in [0.25, 0.3) is 5.91 Å². The van der Waals surface area contributed by atoms with Crippen LogP contribution < -0.4 is 5.32 Å². The Balaban J connectivity index is 2.22. The fraction of sp³-hybridized carbons (Fsp3) is 0.500. The van der Waals surface area contributed by atoms with Crippen molar-refractivity contribution in [3.63, 3.8) is 0 Å². The van der Waals surface area contributed by atoms with Gasteiger partial charge >= 0.3 is 0 Å². The number of carbonyl (C=O) groups excluding carboxylic acids is 1. The second-order valence-corrected chi connectivity index (χ2v) is 5.69. The molecule has 5 heteroatoms. The SMILES string of the molecule is CCCN(C(=O)c1ccc(Br)cc1F)C1CCNC1. The molecule has 0 spiro atoms. The summed E-state index contributed by atoms with van der Waals surface area (Å²) in [6, 6.07) is 4.76. The largest absolute Gasteiger partial charge is 0.334 e. The van der Waals surface area contributed by atoms with Gasteiger partial charge in [-0.25, -0.2) is 4.39 Å². The predicted molar refractivity (Wildman–Crippen MR) is 76.7 cm³/mol. The first kappa shape index (κ1) is 14.5. The Morgan fingerprint density at radius 1 is 1.58 bits per heavy atom. The fourth-order valence-electron chi connectivity index (χ4n) is 2.41. The Morgan fingerprint density at radius 3 is 2.95 bits per heavy atom. The summed E-state index contributed by atoms with van der Waals surface area (Å²) in [5.74, 6) is -0.674. The molecule has 0 bridgehead atoms. The van der Waals surface area contributed by atoms with E-state index in [1.54, 1.807) is 17.0 Å². The zero-order chi connectivity index (χ0) is 13.8. The highest BCUT2D eigenvalue weighted by Gasteiger charge is 2.28. The maximum Gasteiger partial charge on any atom is 0.257 e. The lowest BCUT2D eigenvalue weighted by atomic mass is 10.1. The quantitative estimate of drug-likeness (QED) is 0.921. The third-order valence-corrected chi connectivity index (χ3v) is 3.86. The molecule has 2 rings (SSSR count). The number of halogens is 2. The first-order valence-electron chi connectivity index (χ1n) is 6.60. The molecule has 1 N–H and O–H groups in total. The molecule has 1 aliphatic heterocycles. The van der Waals surface area contributed by atoms with Crippen LogP contribution >= 0.6 is 15.9 Å². The van der Waals surface area contributed by atoms with Crippen LogP contribution in [0.2, 0.25) is 0 Å². The summed E-state index contributed by atoms with van der Waals surface area (Å²) in [4.78, 5) is 14.3. The summed E-state index contributed by atoms with van der Waals surface area (Å²) in [6.45, 7) is 4.41. The average Bonchev–Trinajstić information content (AvgIpc) is 2.89. The van der Waals surface area contributed by atoms with Crippen molar-refractivity contribution in [2.75, 3.05) is 19.6 Å². The molecule has 0 aliphatic carbocycles. The summed E-state index contributed by atoms with van der Waals surface area (Å²) < 4.78 is 14.5. The van der Waals surface area contributed by atoms with Gasteiger partial charge in [0.15, 0.2) is 0 Å². The lowest BCUT2D eigenvalue weighted by Crippen LogP contribution is -2.42. The number of hydrogen-bond acceptors (Lipinski definition) is 2.